The topological polar surface area (TPSA) is 33.1 Å². The van der Waals surface area contributed by atoms with Crippen LogP contribution in [-0.4, -0.2) is 10.1 Å². The van der Waals surface area contributed by atoms with Gasteiger partial charge in [0, 0.05) is 0 Å². The minimum Gasteiger partial charge on any atom is -0.390 e. The highest BCUT2D eigenvalue weighted by Gasteiger charge is 2.11. The minimum atomic E-state index is -1.01. The number of aliphatic hydroxyl groups is 1. The van der Waals surface area contributed by atoms with Gasteiger partial charge in [-0.2, -0.15) is 0 Å². The monoisotopic (exact) mass is 179 g/mol. The van der Waals surface area contributed by atoms with Crippen molar-refractivity contribution < 1.29 is 13.9 Å². The smallest absolute Gasteiger partial charge is 0.168 e. The van der Waals surface area contributed by atoms with E-state index in [-0.39, 0.29) is 5.69 Å². The highest BCUT2D eigenvalue weighted by atomic mass is 35.5. The molecule has 0 fully saturated rings. The van der Waals surface area contributed by atoms with Crippen LogP contribution in [0.15, 0.2) is 6.20 Å². The van der Waals surface area contributed by atoms with E-state index in [1.54, 1.807) is 0 Å². The zero-order valence-electron chi connectivity index (χ0n) is 5.31. The van der Waals surface area contributed by atoms with Gasteiger partial charge in [0.25, 0.3) is 0 Å². The lowest BCUT2D eigenvalue weighted by Gasteiger charge is -1.99. The molecule has 0 unspecified atom stereocenters. The van der Waals surface area contributed by atoms with Gasteiger partial charge < -0.3 is 5.11 Å². The van der Waals surface area contributed by atoms with Crippen LogP contribution in [0.2, 0.25) is 5.02 Å². The molecule has 0 saturated heterocycles. The number of rotatable bonds is 1. The zero-order valence-corrected chi connectivity index (χ0v) is 6.07. The van der Waals surface area contributed by atoms with Crippen molar-refractivity contribution in [2.75, 3.05) is 0 Å². The maximum absolute atomic E-state index is 12.7. The molecule has 0 aliphatic rings. The van der Waals surface area contributed by atoms with Crippen molar-refractivity contribution in [2.24, 2.45) is 0 Å². The summed E-state index contributed by atoms with van der Waals surface area (Å²) in [5, 5.41) is 7.82. The van der Waals surface area contributed by atoms with E-state index < -0.39 is 23.3 Å². The normalized spacial score (nSPS) is 10.2. The number of hydrogen-bond donors (Lipinski definition) is 1. The molecule has 11 heavy (non-hydrogen) atoms. The molecule has 60 valence electrons. The first-order valence-corrected chi connectivity index (χ1v) is 3.14. The van der Waals surface area contributed by atoms with Gasteiger partial charge in [-0.15, -0.1) is 0 Å². The van der Waals surface area contributed by atoms with Crippen LogP contribution in [0.4, 0.5) is 8.78 Å². The minimum absolute atomic E-state index is 0.253. The molecule has 2 nitrogen and oxygen atoms in total. The summed E-state index contributed by atoms with van der Waals surface area (Å²) in [4.78, 5) is 3.27. The molecule has 0 spiro atoms. The predicted octanol–water partition coefficient (Wildman–Crippen LogP) is 1.51. The molecule has 1 rings (SSSR count). The number of nitrogens with zero attached hydrogens (tertiary/aromatic N) is 1. The van der Waals surface area contributed by atoms with E-state index >= 15 is 0 Å². The van der Waals surface area contributed by atoms with Crippen molar-refractivity contribution in [3.63, 3.8) is 0 Å². The number of aliphatic hydroxyl groups excluding tert-OH is 1. The van der Waals surface area contributed by atoms with Crippen LogP contribution in [0.1, 0.15) is 5.69 Å². The molecule has 1 aromatic heterocycles. The second kappa shape index (κ2) is 3.11. The molecule has 0 aliphatic carbocycles. The maximum atomic E-state index is 12.7. The van der Waals surface area contributed by atoms with Gasteiger partial charge in [0.15, 0.2) is 11.6 Å². The zero-order chi connectivity index (χ0) is 8.43. The van der Waals surface area contributed by atoms with Crippen molar-refractivity contribution in [1.82, 2.24) is 4.98 Å². The Morgan fingerprint density at radius 1 is 1.55 bits per heavy atom. The van der Waals surface area contributed by atoms with E-state index in [0.29, 0.717) is 0 Å². The largest absolute Gasteiger partial charge is 0.390 e. The molecule has 0 atom stereocenters. The second-order valence-corrected chi connectivity index (χ2v) is 2.22. The fourth-order valence-electron chi connectivity index (χ4n) is 0.590. The van der Waals surface area contributed by atoms with Crippen LogP contribution in [-0.2, 0) is 6.61 Å². The number of halogens is 3. The van der Waals surface area contributed by atoms with Gasteiger partial charge in [-0.1, -0.05) is 11.6 Å². The summed E-state index contributed by atoms with van der Waals surface area (Å²) in [6, 6.07) is 0. The first-order valence-electron chi connectivity index (χ1n) is 2.76. The Bertz CT molecular complexity index is 280. The van der Waals surface area contributed by atoms with Crippen LogP contribution < -0.4 is 0 Å². The first-order chi connectivity index (χ1) is 5.16. The summed E-state index contributed by atoms with van der Waals surface area (Å²) in [5.41, 5.74) is -0.253. The van der Waals surface area contributed by atoms with E-state index in [0.717, 1.165) is 6.20 Å². The quantitative estimate of drug-likeness (QED) is 0.709. The molecule has 0 aromatic carbocycles. The molecule has 0 saturated carbocycles. The molecule has 5 heteroatoms. The third kappa shape index (κ3) is 1.46. The van der Waals surface area contributed by atoms with Gasteiger partial charge in [-0.25, -0.2) is 8.78 Å². The number of aromatic nitrogens is 1. The summed E-state index contributed by atoms with van der Waals surface area (Å²) < 4.78 is 25.0. The SMILES string of the molecule is OCc1ncc(F)c(Cl)c1F. The van der Waals surface area contributed by atoms with Crippen LogP contribution >= 0.6 is 11.6 Å². The van der Waals surface area contributed by atoms with E-state index in [4.69, 9.17) is 16.7 Å². The molecule has 1 aromatic rings. The third-order valence-electron chi connectivity index (χ3n) is 1.14. The van der Waals surface area contributed by atoms with Gasteiger partial charge in [0.1, 0.15) is 10.7 Å². The number of pyridine rings is 1. The van der Waals surface area contributed by atoms with E-state index in [9.17, 15) is 8.78 Å². The standard InChI is InChI=1S/C6H4ClF2NO/c7-5-3(8)1-10-4(2-11)6(5)9/h1,11H,2H2. The average Bonchev–Trinajstić information content (AvgIpc) is 2.01. The van der Waals surface area contributed by atoms with Crippen molar-refractivity contribution in [3.05, 3.63) is 28.5 Å². The van der Waals surface area contributed by atoms with Gasteiger partial charge in [0.05, 0.1) is 12.8 Å². The van der Waals surface area contributed by atoms with Crippen LogP contribution in [0.5, 0.6) is 0 Å². The molecule has 0 radical (unpaired) electrons. The highest BCUT2D eigenvalue weighted by Crippen LogP contribution is 2.19. The third-order valence-corrected chi connectivity index (χ3v) is 1.49. The fourth-order valence-corrected chi connectivity index (χ4v) is 0.748. The molecular weight excluding hydrogens is 176 g/mol. The summed E-state index contributed by atoms with van der Waals surface area (Å²) >= 11 is 5.16. The summed E-state index contributed by atoms with van der Waals surface area (Å²) in [5.74, 6) is -1.93. The Labute approximate surface area is 66.4 Å². The highest BCUT2D eigenvalue weighted by molar-refractivity contribution is 6.30. The second-order valence-electron chi connectivity index (χ2n) is 1.84. The lowest BCUT2D eigenvalue weighted by atomic mass is 10.3. The Morgan fingerprint density at radius 2 is 2.18 bits per heavy atom. The van der Waals surface area contributed by atoms with Gasteiger partial charge in [-0.3, -0.25) is 4.98 Å². The average molecular weight is 180 g/mol. The first kappa shape index (κ1) is 8.36. The van der Waals surface area contributed by atoms with Crippen LogP contribution in [0.3, 0.4) is 0 Å². The van der Waals surface area contributed by atoms with Crippen molar-refractivity contribution in [3.8, 4) is 0 Å². The molecule has 1 heterocycles. The molecule has 0 aliphatic heterocycles. The van der Waals surface area contributed by atoms with Crippen LogP contribution in [0.25, 0.3) is 0 Å². The summed E-state index contributed by atoms with van der Waals surface area (Å²) in [7, 11) is 0. The predicted molar refractivity (Wildman–Crippen MR) is 35.1 cm³/mol. The van der Waals surface area contributed by atoms with Crippen molar-refractivity contribution in [1.29, 1.82) is 0 Å². The van der Waals surface area contributed by atoms with Crippen LogP contribution in [0, 0.1) is 11.6 Å². The van der Waals surface area contributed by atoms with E-state index in [1.165, 1.54) is 0 Å². The van der Waals surface area contributed by atoms with Crippen molar-refractivity contribution in [2.45, 2.75) is 6.61 Å². The molecular formula is C6H4ClF2NO. The molecule has 0 bridgehead atoms. The Balaban J connectivity index is 3.25. The lowest BCUT2D eigenvalue weighted by molar-refractivity contribution is 0.269. The molecule has 0 amide bonds. The summed E-state index contributed by atoms with van der Waals surface area (Å²) in [6.07, 6.45) is 0.761. The Morgan fingerprint density at radius 3 is 2.73 bits per heavy atom. The van der Waals surface area contributed by atoms with E-state index in [2.05, 4.69) is 4.98 Å². The van der Waals surface area contributed by atoms with Crippen molar-refractivity contribution >= 4 is 11.6 Å². The maximum Gasteiger partial charge on any atom is 0.168 e. The summed E-state index contributed by atoms with van der Waals surface area (Å²) in [6.45, 7) is -0.591. The Hall–Kier alpha value is -0.740. The van der Waals surface area contributed by atoms with Gasteiger partial charge in [-0.05, 0) is 0 Å². The lowest BCUT2D eigenvalue weighted by Crippen LogP contribution is -1.97. The Kier molecular flexibility index (Phi) is 2.36. The van der Waals surface area contributed by atoms with E-state index in [1.807, 2.05) is 0 Å². The fraction of sp³-hybridized carbons (Fsp3) is 0.167. The van der Waals surface area contributed by atoms with Gasteiger partial charge >= 0.3 is 0 Å². The van der Waals surface area contributed by atoms with Gasteiger partial charge in [0.2, 0.25) is 0 Å². The number of hydrogen-bond acceptors (Lipinski definition) is 2. The molecule has 1 N–H and O–H groups in total.